The first-order valence-corrected chi connectivity index (χ1v) is 12.0. The molecule has 8 heteroatoms. The third-order valence-electron chi connectivity index (χ3n) is 7.78. The lowest BCUT2D eigenvalue weighted by Gasteiger charge is -2.41. The van der Waals surface area contributed by atoms with Crippen LogP contribution in [0.15, 0.2) is 18.3 Å². The van der Waals surface area contributed by atoms with Crippen LogP contribution in [0.3, 0.4) is 0 Å². The molecule has 0 bridgehead atoms. The maximum atomic E-state index is 13.1. The average Bonchev–Trinajstić information content (AvgIpc) is 3.36. The molecular formula is C26H31F3N2O3. The molecule has 2 aromatic rings. The second-order valence-corrected chi connectivity index (χ2v) is 11.0. The van der Waals surface area contributed by atoms with Crippen molar-refractivity contribution in [1.29, 1.82) is 0 Å². The van der Waals surface area contributed by atoms with Gasteiger partial charge in [0.25, 0.3) is 0 Å². The third-order valence-corrected chi connectivity index (χ3v) is 7.78. The van der Waals surface area contributed by atoms with Crippen LogP contribution >= 0.6 is 0 Å². The van der Waals surface area contributed by atoms with Gasteiger partial charge in [0.15, 0.2) is 0 Å². The second kappa shape index (κ2) is 7.73. The molecule has 1 fully saturated rings. The van der Waals surface area contributed by atoms with Crippen molar-refractivity contribution in [1.82, 2.24) is 9.97 Å². The second-order valence-electron chi connectivity index (χ2n) is 11.0. The molecule has 2 aromatic heterocycles. The van der Waals surface area contributed by atoms with Gasteiger partial charge in [-0.15, -0.1) is 0 Å². The van der Waals surface area contributed by atoms with E-state index in [0.29, 0.717) is 23.2 Å². The highest BCUT2D eigenvalue weighted by Gasteiger charge is 2.54. The Bertz CT molecular complexity index is 1110. The summed E-state index contributed by atoms with van der Waals surface area (Å²) < 4.78 is 46.1. The number of rotatable bonds is 2. The van der Waals surface area contributed by atoms with Gasteiger partial charge in [0, 0.05) is 28.6 Å². The summed E-state index contributed by atoms with van der Waals surface area (Å²) in [6, 6.07) is 2.41. The van der Waals surface area contributed by atoms with Gasteiger partial charge in [-0.25, -0.2) is 0 Å². The Morgan fingerprint density at radius 2 is 1.76 bits per heavy atom. The summed E-state index contributed by atoms with van der Waals surface area (Å²) >= 11 is 0. The summed E-state index contributed by atoms with van der Waals surface area (Å²) in [7, 11) is 0. The molecule has 1 spiro atoms. The Labute approximate surface area is 197 Å². The van der Waals surface area contributed by atoms with Crippen LogP contribution in [0.1, 0.15) is 123 Å². The molecule has 0 amide bonds. The van der Waals surface area contributed by atoms with E-state index >= 15 is 0 Å². The molecule has 1 saturated carbocycles. The Hall–Kier alpha value is -2.03. The van der Waals surface area contributed by atoms with E-state index in [2.05, 4.69) is 4.98 Å². The Morgan fingerprint density at radius 3 is 2.32 bits per heavy atom. The zero-order chi connectivity index (χ0) is 24.6. The maximum Gasteiger partial charge on any atom is 0.433 e. The molecular weight excluding hydrogens is 445 g/mol. The van der Waals surface area contributed by atoms with Crippen molar-refractivity contribution in [2.75, 3.05) is 0 Å². The number of nitrogens with zero attached hydrogens (tertiary/aromatic N) is 2. The van der Waals surface area contributed by atoms with Gasteiger partial charge in [-0.3, -0.25) is 9.97 Å². The summed E-state index contributed by atoms with van der Waals surface area (Å²) in [4.78, 5) is 8.58. The van der Waals surface area contributed by atoms with Crippen molar-refractivity contribution >= 4 is 0 Å². The van der Waals surface area contributed by atoms with Gasteiger partial charge in [-0.1, -0.05) is 46.6 Å². The summed E-state index contributed by atoms with van der Waals surface area (Å²) in [5.41, 5.74) is 2.02. The predicted octanol–water partition coefficient (Wildman–Crippen LogP) is 6.00. The first-order valence-electron chi connectivity index (χ1n) is 12.0. The molecule has 3 aliphatic rings. The minimum absolute atomic E-state index is 0.0153. The summed E-state index contributed by atoms with van der Waals surface area (Å²) in [6.07, 6.45) is -1.74. The van der Waals surface area contributed by atoms with Gasteiger partial charge in [0.05, 0.1) is 17.4 Å². The molecule has 0 radical (unpaired) electrons. The lowest BCUT2D eigenvalue weighted by atomic mass is 9.69. The van der Waals surface area contributed by atoms with Crippen molar-refractivity contribution in [2.45, 2.75) is 95.8 Å². The first kappa shape index (κ1) is 23.7. The van der Waals surface area contributed by atoms with Gasteiger partial charge >= 0.3 is 6.18 Å². The minimum Gasteiger partial charge on any atom is -0.388 e. The lowest BCUT2D eigenvalue weighted by Crippen LogP contribution is -2.35. The minimum atomic E-state index is -4.52. The topological polar surface area (TPSA) is 75.5 Å². The molecule has 3 heterocycles. The molecule has 184 valence electrons. The number of aliphatic hydroxyl groups excluding tert-OH is 2. The monoisotopic (exact) mass is 476 g/mol. The van der Waals surface area contributed by atoms with E-state index in [-0.39, 0.29) is 5.92 Å². The van der Waals surface area contributed by atoms with E-state index in [4.69, 9.17) is 9.72 Å². The van der Waals surface area contributed by atoms with Crippen molar-refractivity contribution < 1.29 is 28.1 Å². The van der Waals surface area contributed by atoms with Crippen LogP contribution in [-0.2, 0) is 16.5 Å². The van der Waals surface area contributed by atoms with Crippen LogP contribution in [0.2, 0.25) is 0 Å². The number of pyridine rings is 2. The molecule has 1 aliphatic heterocycles. The maximum absolute atomic E-state index is 13.1. The standard InChI is InChI=1S/C26H31F3N2O3/c1-13(2)20-18-19(17-15(32)11-24(3,4)23(33)21(17)31-20)25(9-5-6-10-25)34-22(18)14-7-8-16(30-12-14)26(27,28)29/h7-8,12-13,15,22-23,32-33H,5-6,9-11H2,1-4H3. The summed E-state index contributed by atoms with van der Waals surface area (Å²) in [5.74, 6) is -0.0153. The van der Waals surface area contributed by atoms with Gasteiger partial charge in [0.1, 0.15) is 17.9 Å². The highest BCUT2D eigenvalue weighted by molar-refractivity contribution is 5.54. The zero-order valence-corrected chi connectivity index (χ0v) is 19.9. The molecule has 5 rings (SSSR count). The number of aliphatic hydroxyl groups is 2. The van der Waals surface area contributed by atoms with E-state index in [0.717, 1.165) is 48.6 Å². The fourth-order valence-electron chi connectivity index (χ4n) is 6.10. The molecule has 0 aromatic carbocycles. The van der Waals surface area contributed by atoms with Crippen LogP contribution < -0.4 is 0 Å². The van der Waals surface area contributed by atoms with E-state index < -0.39 is 41.2 Å². The molecule has 2 aliphatic carbocycles. The Kier molecular flexibility index (Phi) is 5.39. The molecule has 5 nitrogen and oxygen atoms in total. The number of fused-ring (bicyclic) bond motifs is 4. The summed E-state index contributed by atoms with van der Waals surface area (Å²) in [5, 5.41) is 22.5. The van der Waals surface area contributed by atoms with Gasteiger partial charge in [0.2, 0.25) is 0 Å². The highest BCUT2D eigenvalue weighted by Crippen LogP contribution is 2.60. The van der Waals surface area contributed by atoms with Crippen LogP contribution in [0.4, 0.5) is 13.2 Å². The van der Waals surface area contributed by atoms with E-state index in [1.54, 1.807) is 0 Å². The third kappa shape index (κ3) is 3.48. The van der Waals surface area contributed by atoms with Crippen molar-refractivity contribution in [3.63, 3.8) is 0 Å². The Balaban J connectivity index is 1.76. The quantitative estimate of drug-likeness (QED) is 0.556. The fraction of sp³-hybridized carbons (Fsp3) is 0.615. The number of halogens is 3. The number of alkyl halides is 3. The van der Waals surface area contributed by atoms with Crippen LogP contribution in [0.25, 0.3) is 0 Å². The van der Waals surface area contributed by atoms with Crippen molar-refractivity contribution in [3.05, 3.63) is 57.7 Å². The summed E-state index contributed by atoms with van der Waals surface area (Å²) in [6.45, 7) is 7.86. The number of aromatic nitrogens is 2. The van der Waals surface area contributed by atoms with E-state index in [1.165, 1.54) is 12.3 Å². The smallest absolute Gasteiger partial charge is 0.388 e. The van der Waals surface area contributed by atoms with Crippen LogP contribution in [0, 0.1) is 5.41 Å². The lowest BCUT2D eigenvalue weighted by molar-refractivity contribution is -0.141. The normalized spacial score (nSPS) is 27.3. The fourth-order valence-corrected chi connectivity index (χ4v) is 6.10. The van der Waals surface area contributed by atoms with Gasteiger partial charge in [-0.2, -0.15) is 13.2 Å². The zero-order valence-electron chi connectivity index (χ0n) is 19.9. The van der Waals surface area contributed by atoms with Gasteiger partial charge in [-0.05, 0) is 42.2 Å². The van der Waals surface area contributed by atoms with E-state index in [9.17, 15) is 23.4 Å². The largest absolute Gasteiger partial charge is 0.433 e. The van der Waals surface area contributed by atoms with Crippen molar-refractivity contribution in [2.24, 2.45) is 5.41 Å². The Morgan fingerprint density at radius 1 is 1.09 bits per heavy atom. The van der Waals surface area contributed by atoms with Crippen molar-refractivity contribution in [3.8, 4) is 0 Å². The number of ether oxygens (including phenoxy) is 1. The molecule has 3 atom stereocenters. The van der Waals surface area contributed by atoms with Crippen LogP contribution in [-0.4, -0.2) is 20.2 Å². The van der Waals surface area contributed by atoms with Crippen LogP contribution in [0.5, 0.6) is 0 Å². The average molecular weight is 477 g/mol. The molecule has 0 saturated heterocycles. The number of hydrogen-bond acceptors (Lipinski definition) is 5. The first-order chi connectivity index (χ1) is 15.9. The predicted molar refractivity (Wildman–Crippen MR) is 119 cm³/mol. The van der Waals surface area contributed by atoms with Gasteiger partial charge < -0.3 is 14.9 Å². The van der Waals surface area contributed by atoms with E-state index in [1.807, 2.05) is 27.7 Å². The number of hydrogen-bond donors (Lipinski definition) is 2. The molecule has 2 N–H and O–H groups in total. The SMILES string of the molecule is CC(C)c1nc2c(c3c1C(c1ccc(C(F)(F)F)nc1)OC31CCCC1)C(O)CC(C)(C)C2O. The molecule has 3 unspecified atom stereocenters. The highest BCUT2D eigenvalue weighted by atomic mass is 19.4. The molecule has 34 heavy (non-hydrogen) atoms.